The van der Waals surface area contributed by atoms with Crippen LogP contribution in [0.5, 0.6) is 5.75 Å². The third-order valence-electron chi connectivity index (χ3n) is 3.33. The maximum atomic E-state index is 12.8. The van der Waals surface area contributed by atoms with Crippen molar-refractivity contribution >= 4 is 18.3 Å². The Morgan fingerprint density at radius 3 is 2.81 bits per heavy atom. The Hall–Kier alpha value is -1.33. The fourth-order valence-electron chi connectivity index (χ4n) is 2.27. The molecule has 118 valence electrons. The van der Waals surface area contributed by atoms with Crippen molar-refractivity contribution in [2.45, 2.75) is 38.3 Å². The summed E-state index contributed by atoms with van der Waals surface area (Å²) in [7, 11) is 0. The van der Waals surface area contributed by atoms with E-state index in [1.54, 1.807) is 12.1 Å². The summed E-state index contributed by atoms with van der Waals surface area (Å²) in [5.41, 5.74) is 0. The second-order valence-electron chi connectivity index (χ2n) is 5.18. The van der Waals surface area contributed by atoms with Gasteiger partial charge in [0, 0.05) is 12.5 Å². The van der Waals surface area contributed by atoms with Gasteiger partial charge in [-0.05, 0) is 50.6 Å². The lowest BCUT2D eigenvalue weighted by Crippen LogP contribution is -2.37. The lowest BCUT2D eigenvalue weighted by molar-refractivity contribution is -0.121. The predicted octanol–water partition coefficient (Wildman–Crippen LogP) is 2.27. The molecule has 1 amide bonds. The number of halogens is 2. The van der Waals surface area contributed by atoms with Crippen LogP contribution in [0.25, 0.3) is 0 Å². The van der Waals surface area contributed by atoms with E-state index in [4.69, 9.17) is 4.74 Å². The molecule has 0 spiro atoms. The van der Waals surface area contributed by atoms with Crippen molar-refractivity contribution in [3.05, 3.63) is 30.1 Å². The van der Waals surface area contributed by atoms with Crippen molar-refractivity contribution in [3.63, 3.8) is 0 Å². The van der Waals surface area contributed by atoms with Gasteiger partial charge in [0.05, 0.1) is 6.54 Å². The Balaban J connectivity index is 0.00000220. The van der Waals surface area contributed by atoms with Gasteiger partial charge in [-0.1, -0.05) is 0 Å². The first kappa shape index (κ1) is 17.7. The predicted molar refractivity (Wildman–Crippen MR) is 82.4 cm³/mol. The summed E-state index contributed by atoms with van der Waals surface area (Å²) in [6, 6.07) is 6.17. The van der Waals surface area contributed by atoms with Gasteiger partial charge in [0.2, 0.25) is 5.91 Å². The zero-order valence-electron chi connectivity index (χ0n) is 12.1. The van der Waals surface area contributed by atoms with E-state index in [0.29, 0.717) is 24.8 Å². The summed E-state index contributed by atoms with van der Waals surface area (Å²) in [6.45, 7) is 3.32. The molecule has 1 saturated heterocycles. The minimum absolute atomic E-state index is 0. The number of hydrogen-bond acceptors (Lipinski definition) is 3. The first-order valence-electron chi connectivity index (χ1n) is 7.06. The average Bonchev–Trinajstić information content (AvgIpc) is 2.92. The molecule has 2 rings (SSSR count). The molecule has 1 heterocycles. The molecule has 0 saturated carbocycles. The average molecular weight is 317 g/mol. The number of carbonyl (C=O) groups excluding carboxylic acids is 1. The van der Waals surface area contributed by atoms with Gasteiger partial charge in [-0.15, -0.1) is 12.4 Å². The summed E-state index contributed by atoms with van der Waals surface area (Å²) < 4.78 is 18.3. The van der Waals surface area contributed by atoms with Crippen LogP contribution in [0.15, 0.2) is 24.3 Å². The van der Waals surface area contributed by atoms with E-state index < -0.39 is 0 Å². The van der Waals surface area contributed by atoms with Crippen LogP contribution >= 0.6 is 12.4 Å². The zero-order chi connectivity index (χ0) is 14.4. The second kappa shape index (κ2) is 8.85. The maximum absolute atomic E-state index is 12.8. The highest BCUT2D eigenvalue weighted by Crippen LogP contribution is 2.13. The quantitative estimate of drug-likeness (QED) is 0.846. The number of carbonyl (C=O) groups is 1. The fraction of sp³-hybridized carbons (Fsp3) is 0.533. The van der Waals surface area contributed by atoms with Crippen LogP contribution in [-0.2, 0) is 4.79 Å². The second-order valence-corrected chi connectivity index (χ2v) is 5.18. The number of amides is 1. The molecular formula is C15H22ClFN2O2. The Morgan fingerprint density at radius 2 is 2.19 bits per heavy atom. The molecule has 0 aliphatic carbocycles. The van der Waals surface area contributed by atoms with Crippen molar-refractivity contribution in [3.8, 4) is 5.75 Å². The highest BCUT2D eigenvalue weighted by Gasteiger charge is 2.17. The van der Waals surface area contributed by atoms with Gasteiger partial charge in [-0.3, -0.25) is 4.79 Å². The molecule has 6 heteroatoms. The molecule has 1 aliphatic rings. The molecule has 0 bridgehead atoms. The highest BCUT2D eigenvalue weighted by molar-refractivity contribution is 5.85. The van der Waals surface area contributed by atoms with E-state index in [9.17, 15) is 9.18 Å². The molecule has 1 aromatic rings. The van der Waals surface area contributed by atoms with Gasteiger partial charge in [-0.25, -0.2) is 4.39 Å². The minimum Gasteiger partial charge on any atom is -0.489 e. The Bertz CT molecular complexity index is 436. The largest absolute Gasteiger partial charge is 0.489 e. The first-order valence-corrected chi connectivity index (χ1v) is 7.06. The number of hydrogen-bond donors (Lipinski definition) is 2. The summed E-state index contributed by atoms with van der Waals surface area (Å²) in [5, 5.41) is 6.16. The van der Waals surface area contributed by atoms with E-state index in [1.807, 2.05) is 6.92 Å². The molecule has 4 nitrogen and oxygen atoms in total. The third-order valence-corrected chi connectivity index (χ3v) is 3.33. The summed E-state index contributed by atoms with van der Waals surface area (Å²) in [4.78, 5) is 11.7. The van der Waals surface area contributed by atoms with Crippen LogP contribution in [0.2, 0.25) is 0 Å². The van der Waals surface area contributed by atoms with E-state index in [2.05, 4.69) is 10.6 Å². The summed E-state index contributed by atoms with van der Waals surface area (Å²) in [6.07, 6.45) is 2.57. The van der Waals surface area contributed by atoms with Crippen molar-refractivity contribution in [2.75, 3.05) is 13.1 Å². The first-order chi connectivity index (χ1) is 9.63. The normalized spacial score (nSPS) is 18.7. The molecule has 0 aromatic heterocycles. The number of nitrogens with one attached hydrogen (secondary N) is 2. The van der Waals surface area contributed by atoms with Gasteiger partial charge in [0.25, 0.3) is 0 Å². The number of ether oxygens (including phenoxy) is 1. The van der Waals surface area contributed by atoms with Crippen LogP contribution in [0, 0.1) is 5.82 Å². The molecular weight excluding hydrogens is 295 g/mol. The van der Waals surface area contributed by atoms with Crippen LogP contribution in [0.1, 0.15) is 26.2 Å². The maximum Gasteiger partial charge on any atom is 0.221 e. The molecule has 2 N–H and O–H groups in total. The monoisotopic (exact) mass is 316 g/mol. The molecule has 2 unspecified atom stereocenters. The Labute approximate surface area is 130 Å². The van der Waals surface area contributed by atoms with Gasteiger partial charge in [-0.2, -0.15) is 0 Å². The molecule has 1 fully saturated rings. The molecule has 1 aliphatic heterocycles. The fourth-order valence-corrected chi connectivity index (χ4v) is 2.27. The highest BCUT2D eigenvalue weighted by atomic mass is 35.5. The van der Waals surface area contributed by atoms with Crippen LogP contribution in [0.3, 0.4) is 0 Å². The van der Waals surface area contributed by atoms with Crippen molar-refractivity contribution in [1.82, 2.24) is 10.6 Å². The van der Waals surface area contributed by atoms with Crippen molar-refractivity contribution < 1.29 is 13.9 Å². The van der Waals surface area contributed by atoms with Crippen LogP contribution in [0.4, 0.5) is 4.39 Å². The topological polar surface area (TPSA) is 50.4 Å². The lowest BCUT2D eigenvalue weighted by atomic mass is 10.1. The zero-order valence-corrected chi connectivity index (χ0v) is 12.9. The van der Waals surface area contributed by atoms with E-state index in [-0.39, 0.29) is 30.2 Å². The lowest BCUT2D eigenvalue weighted by Gasteiger charge is -2.16. The van der Waals surface area contributed by atoms with E-state index >= 15 is 0 Å². The molecule has 1 aromatic carbocycles. The minimum atomic E-state index is -0.289. The van der Waals surface area contributed by atoms with Crippen molar-refractivity contribution in [1.29, 1.82) is 0 Å². The third kappa shape index (κ3) is 6.31. The van der Waals surface area contributed by atoms with Gasteiger partial charge in [0.15, 0.2) is 0 Å². The smallest absolute Gasteiger partial charge is 0.221 e. The molecule has 21 heavy (non-hydrogen) atoms. The standard InChI is InChI=1S/C15H21FN2O2.ClH/c1-11(20-14-6-4-12(16)5-7-14)10-18-15(19)9-13-3-2-8-17-13;/h4-7,11,13,17H,2-3,8-10H2,1H3,(H,18,19);1H. The Morgan fingerprint density at radius 1 is 1.48 bits per heavy atom. The van der Waals surface area contributed by atoms with Crippen molar-refractivity contribution in [2.24, 2.45) is 0 Å². The number of rotatable bonds is 6. The molecule has 2 atom stereocenters. The molecule has 0 radical (unpaired) electrons. The number of benzene rings is 1. The summed E-state index contributed by atoms with van der Waals surface area (Å²) in [5.74, 6) is 0.354. The van der Waals surface area contributed by atoms with E-state index in [1.165, 1.54) is 12.1 Å². The Kier molecular flexibility index (Phi) is 7.47. The summed E-state index contributed by atoms with van der Waals surface area (Å²) >= 11 is 0. The van der Waals surface area contributed by atoms with Crippen LogP contribution in [-0.4, -0.2) is 31.1 Å². The van der Waals surface area contributed by atoms with Gasteiger partial charge < -0.3 is 15.4 Å². The van der Waals surface area contributed by atoms with Crippen LogP contribution < -0.4 is 15.4 Å². The van der Waals surface area contributed by atoms with Gasteiger partial charge in [0.1, 0.15) is 17.7 Å². The van der Waals surface area contributed by atoms with E-state index in [0.717, 1.165) is 19.4 Å². The SMILES string of the molecule is CC(CNC(=O)CC1CCCN1)Oc1ccc(F)cc1.Cl. The van der Waals surface area contributed by atoms with Gasteiger partial charge >= 0.3 is 0 Å².